The van der Waals surface area contributed by atoms with Gasteiger partial charge in [0.2, 0.25) is 5.91 Å². The third kappa shape index (κ3) is 4.25. The van der Waals surface area contributed by atoms with Crippen LogP contribution in [0, 0.1) is 19.7 Å². The maximum absolute atomic E-state index is 13.5. The minimum Gasteiger partial charge on any atom is -0.350 e. The number of hydrogen-bond acceptors (Lipinski definition) is 4. The summed E-state index contributed by atoms with van der Waals surface area (Å²) < 4.78 is 13.4. The summed E-state index contributed by atoms with van der Waals surface area (Å²) in [5.41, 5.74) is 4.38. The number of halogens is 1. The van der Waals surface area contributed by atoms with Crippen LogP contribution in [0.3, 0.4) is 0 Å². The van der Waals surface area contributed by atoms with Crippen molar-refractivity contribution in [1.82, 2.24) is 0 Å². The summed E-state index contributed by atoms with van der Waals surface area (Å²) in [5.74, 6) is -1.73. The Labute approximate surface area is 190 Å². The summed E-state index contributed by atoms with van der Waals surface area (Å²) in [7, 11) is 0. The van der Waals surface area contributed by atoms with Crippen molar-refractivity contribution >= 4 is 40.4 Å². The van der Waals surface area contributed by atoms with Crippen molar-refractivity contribution in [1.29, 1.82) is 0 Å². The second-order valence-electron chi connectivity index (χ2n) is 7.80. The lowest BCUT2D eigenvalue weighted by molar-refractivity contribution is -0.120. The van der Waals surface area contributed by atoms with Gasteiger partial charge < -0.3 is 10.6 Å². The van der Waals surface area contributed by atoms with E-state index in [-0.39, 0.29) is 22.9 Å². The molecule has 3 aromatic rings. The summed E-state index contributed by atoms with van der Waals surface area (Å²) in [4.78, 5) is 39.2. The van der Waals surface area contributed by atoms with Crippen molar-refractivity contribution in [3.8, 4) is 0 Å². The van der Waals surface area contributed by atoms with E-state index in [2.05, 4.69) is 10.6 Å². The summed E-state index contributed by atoms with van der Waals surface area (Å²) in [6, 6.07) is 17.5. The zero-order valence-corrected chi connectivity index (χ0v) is 18.4. The topological polar surface area (TPSA) is 78.5 Å². The average molecular weight is 443 g/mol. The Kier molecular flexibility index (Phi) is 5.79. The first-order chi connectivity index (χ1) is 15.8. The largest absolute Gasteiger partial charge is 0.350 e. The Hall–Kier alpha value is -4.26. The van der Waals surface area contributed by atoms with Crippen LogP contribution in [0.15, 0.2) is 72.4 Å². The first-order valence-electron chi connectivity index (χ1n) is 10.4. The van der Waals surface area contributed by atoms with Crippen molar-refractivity contribution < 1.29 is 18.8 Å². The zero-order valence-electron chi connectivity index (χ0n) is 18.4. The van der Waals surface area contributed by atoms with Crippen LogP contribution in [0.25, 0.3) is 5.57 Å². The van der Waals surface area contributed by atoms with Gasteiger partial charge in [-0.1, -0.05) is 24.3 Å². The second-order valence-corrected chi connectivity index (χ2v) is 7.80. The number of anilines is 3. The van der Waals surface area contributed by atoms with E-state index in [4.69, 9.17) is 0 Å². The van der Waals surface area contributed by atoms with E-state index in [9.17, 15) is 18.8 Å². The highest BCUT2D eigenvalue weighted by atomic mass is 19.1. The first-order valence-corrected chi connectivity index (χ1v) is 10.4. The van der Waals surface area contributed by atoms with E-state index in [0.29, 0.717) is 16.9 Å². The highest BCUT2D eigenvalue weighted by molar-refractivity contribution is 6.46. The molecule has 0 unspecified atom stereocenters. The molecule has 6 nitrogen and oxygen atoms in total. The molecule has 0 radical (unpaired) electrons. The maximum atomic E-state index is 13.5. The van der Waals surface area contributed by atoms with Crippen LogP contribution < -0.4 is 15.5 Å². The second kappa shape index (κ2) is 8.70. The summed E-state index contributed by atoms with van der Waals surface area (Å²) in [5, 5.41) is 5.84. The number of rotatable bonds is 5. The average Bonchev–Trinajstić information content (AvgIpc) is 3.02. The Morgan fingerprint density at radius 1 is 0.879 bits per heavy atom. The Morgan fingerprint density at radius 2 is 1.55 bits per heavy atom. The van der Waals surface area contributed by atoms with Crippen LogP contribution in [0.4, 0.5) is 21.5 Å². The number of nitrogens with zero attached hydrogens (tertiary/aromatic N) is 1. The first kappa shape index (κ1) is 22.0. The molecule has 0 aromatic heterocycles. The minimum absolute atomic E-state index is 0.130. The molecule has 0 saturated carbocycles. The van der Waals surface area contributed by atoms with E-state index in [1.54, 1.807) is 24.3 Å². The van der Waals surface area contributed by atoms with Crippen molar-refractivity contribution in [3.05, 3.63) is 94.9 Å². The molecule has 1 aliphatic rings. The van der Waals surface area contributed by atoms with Gasteiger partial charge in [0.05, 0.1) is 11.3 Å². The van der Waals surface area contributed by atoms with Crippen molar-refractivity contribution in [2.24, 2.45) is 0 Å². The lowest BCUT2D eigenvalue weighted by atomic mass is 10.0. The maximum Gasteiger partial charge on any atom is 0.282 e. The SMILES string of the molecule is CC(=O)Nc1ccc(C2=C(Nc3cccc(C)c3C)C(=O)N(c3ccc(F)cc3)C2=O)cc1. The molecule has 2 N–H and O–H groups in total. The van der Waals surface area contributed by atoms with Gasteiger partial charge in [-0.05, 0) is 73.0 Å². The van der Waals surface area contributed by atoms with Crippen molar-refractivity contribution in [2.75, 3.05) is 15.5 Å². The predicted molar refractivity (Wildman–Crippen MR) is 126 cm³/mol. The molecular weight excluding hydrogens is 421 g/mol. The number of amides is 3. The molecule has 0 saturated heterocycles. The Balaban J connectivity index is 1.81. The number of hydrogen-bond donors (Lipinski definition) is 2. The molecule has 7 heteroatoms. The number of benzene rings is 3. The number of nitrogens with one attached hydrogen (secondary N) is 2. The van der Waals surface area contributed by atoms with Crippen LogP contribution in [0.2, 0.25) is 0 Å². The Morgan fingerprint density at radius 3 is 2.18 bits per heavy atom. The summed E-state index contributed by atoms with van der Waals surface area (Å²) in [6.45, 7) is 5.30. The van der Waals surface area contributed by atoms with Gasteiger partial charge in [-0.2, -0.15) is 0 Å². The molecule has 0 atom stereocenters. The molecule has 0 spiro atoms. The fourth-order valence-corrected chi connectivity index (χ4v) is 3.68. The van der Waals surface area contributed by atoms with Crippen LogP contribution >= 0.6 is 0 Å². The molecule has 166 valence electrons. The third-order valence-electron chi connectivity index (χ3n) is 5.53. The smallest absolute Gasteiger partial charge is 0.282 e. The minimum atomic E-state index is -0.534. The van der Waals surface area contributed by atoms with E-state index < -0.39 is 17.6 Å². The molecule has 33 heavy (non-hydrogen) atoms. The fourth-order valence-electron chi connectivity index (χ4n) is 3.68. The van der Waals surface area contributed by atoms with Gasteiger partial charge in [-0.3, -0.25) is 14.4 Å². The summed E-state index contributed by atoms with van der Waals surface area (Å²) in [6.07, 6.45) is 0. The molecule has 0 aliphatic carbocycles. The van der Waals surface area contributed by atoms with Crippen LogP contribution in [-0.2, 0) is 14.4 Å². The standard InChI is InChI=1S/C26H22FN3O3/c1-15-5-4-6-22(16(15)2)29-24-23(18-7-11-20(12-8-18)28-17(3)31)25(32)30(26(24)33)21-13-9-19(27)10-14-21/h4-14,29H,1-3H3,(H,28,31). The van der Waals surface area contributed by atoms with Crippen LogP contribution in [0.1, 0.15) is 23.6 Å². The van der Waals surface area contributed by atoms with Crippen LogP contribution in [0.5, 0.6) is 0 Å². The molecule has 4 rings (SSSR count). The zero-order chi connectivity index (χ0) is 23.7. The number of carbonyl (C=O) groups is 3. The van der Waals surface area contributed by atoms with E-state index in [1.807, 2.05) is 32.0 Å². The molecule has 1 aliphatic heterocycles. The molecule has 0 fully saturated rings. The lowest BCUT2D eigenvalue weighted by Gasteiger charge is -2.16. The van der Waals surface area contributed by atoms with Gasteiger partial charge in [0, 0.05) is 18.3 Å². The van der Waals surface area contributed by atoms with Gasteiger partial charge in [0.25, 0.3) is 11.8 Å². The highest BCUT2D eigenvalue weighted by Gasteiger charge is 2.40. The van der Waals surface area contributed by atoms with Crippen molar-refractivity contribution in [3.63, 3.8) is 0 Å². The molecular formula is C26H22FN3O3. The molecule has 3 amide bonds. The normalized spacial score (nSPS) is 13.5. The predicted octanol–water partition coefficient (Wildman–Crippen LogP) is 4.80. The van der Waals surface area contributed by atoms with E-state index >= 15 is 0 Å². The lowest BCUT2D eigenvalue weighted by Crippen LogP contribution is -2.32. The van der Waals surface area contributed by atoms with E-state index in [1.165, 1.54) is 31.2 Å². The number of aryl methyl sites for hydroxylation is 1. The quantitative estimate of drug-likeness (QED) is 0.556. The fraction of sp³-hybridized carbons (Fsp3) is 0.115. The van der Waals surface area contributed by atoms with Crippen molar-refractivity contribution in [2.45, 2.75) is 20.8 Å². The van der Waals surface area contributed by atoms with Crippen LogP contribution in [-0.4, -0.2) is 17.7 Å². The molecule has 3 aromatic carbocycles. The van der Waals surface area contributed by atoms with Gasteiger partial charge >= 0.3 is 0 Å². The van der Waals surface area contributed by atoms with Gasteiger partial charge in [0.1, 0.15) is 11.5 Å². The Bertz CT molecular complexity index is 1300. The number of carbonyl (C=O) groups excluding carboxylic acids is 3. The summed E-state index contributed by atoms with van der Waals surface area (Å²) >= 11 is 0. The monoisotopic (exact) mass is 443 g/mol. The van der Waals surface area contributed by atoms with Gasteiger partial charge in [-0.15, -0.1) is 0 Å². The molecule has 0 bridgehead atoms. The third-order valence-corrected chi connectivity index (χ3v) is 5.53. The van der Waals surface area contributed by atoms with Gasteiger partial charge in [0.15, 0.2) is 0 Å². The van der Waals surface area contributed by atoms with Gasteiger partial charge in [-0.25, -0.2) is 9.29 Å². The van der Waals surface area contributed by atoms with E-state index in [0.717, 1.165) is 16.0 Å². The number of imide groups is 1. The molecule has 1 heterocycles. The highest BCUT2D eigenvalue weighted by Crippen LogP contribution is 2.35.